The zero-order valence-corrected chi connectivity index (χ0v) is 16.7. The van der Waals surface area contributed by atoms with Gasteiger partial charge in [-0.3, -0.25) is 9.59 Å². The number of hydrogen-bond acceptors (Lipinski definition) is 9. The van der Waals surface area contributed by atoms with Gasteiger partial charge in [-0.15, -0.1) is 0 Å². The molecule has 1 fully saturated rings. The van der Waals surface area contributed by atoms with E-state index < -0.39 is 17.4 Å². The lowest BCUT2D eigenvalue weighted by Gasteiger charge is -2.30. The van der Waals surface area contributed by atoms with Crippen LogP contribution in [-0.4, -0.2) is 85.6 Å². The minimum atomic E-state index is -1.38. The molecule has 0 radical (unpaired) electrons. The second-order valence-electron chi connectivity index (χ2n) is 5.68. The molecule has 146 valence electrons. The van der Waals surface area contributed by atoms with Crippen LogP contribution in [0.5, 0.6) is 0 Å². The summed E-state index contributed by atoms with van der Waals surface area (Å²) in [5.74, 6) is 1.83. The highest BCUT2D eigenvalue weighted by molar-refractivity contribution is 8.00. The third-order valence-electron chi connectivity index (χ3n) is 3.65. The van der Waals surface area contributed by atoms with Gasteiger partial charge in [0.05, 0.1) is 19.3 Å². The van der Waals surface area contributed by atoms with Crippen molar-refractivity contribution in [1.82, 2.24) is 10.6 Å². The van der Waals surface area contributed by atoms with Crippen LogP contribution < -0.4 is 10.6 Å². The number of carbonyl (C=O) groups excluding carboxylic acids is 2. The quantitative estimate of drug-likeness (QED) is 0.454. The normalized spacial score (nSPS) is 21.1. The second kappa shape index (κ2) is 12.8. The zero-order valence-electron chi connectivity index (χ0n) is 15.0. The van der Waals surface area contributed by atoms with E-state index in [1.54, 1.807) is 37.4 Å². The molecule has 1 aliphatic heterocycles. The van der Waals surface area contributed by atoms with Crippen LogP contribution in [0.15, 0.2) is 0 Å². The van der Waals surface area contributed by atoms with Gasteiger partial charge in [0.25, 0.3) is 0 Å². The lowest BCUT2D eigenvalue weighted by Crippen LogP contribution is -2.55. The molecule has 0 aliphatic carbocycles. The van der Waals surface area contributed by atoms with E-state index in [1.807, 2.05) is 0 Å². The minimum Gasteiger partial charge on any atom is -0.465 e. The maximum absolute atomic E-state index is 12.6. The Morgan fingerprint density at radius 2 is 1.44 bits per heavy atom. The number of rotatable bonds is 4. The Balaban J connectivity index is 2.84. The molecule has 0 spiro atoms. The van der Waals surface area contributed by atoms with Crippen LogP contribution in [0.4, 0.5) is 0 Å². The summed E-state index contributed by atoms with van der Waals surface area (Å²) in [5.41, 5.74) is -1.38. The molecule has 0 aromatic heterocycles. The molecule has 3 N–H and O–H groups in total. The zero-order chi connectivity index (χ0) is 18.5. The van der Waals surface area contributed by atoms with Gasteiger partial charge in [-0.05, 0) is 13.8 Å². The van der Waals surface area contributed by atoms with E-state index in [-0.39, 0.29) is 32.4 Å². The van der Waals surface area contributed by atoms with Gasteiger partial charge < -0.3 is 25.2 Å². The fourth-order valence-corrected chi connectivity index (χ4v) is 4.19. The molecule has 0 saturated carbocycles. The summed E-state index contributed by atoms with van der Waals surface area (Å²) in [6.07, 6.45) is -0.309. The molecule has 0 unspecified atom stereocenters. The number of esters is 2. The number of aliphatic hydroxyl groups is 1. The van der Waals surface area contributed by atoms with Gasteiger partial charge in [-0.25, -0.2) is 0 Å². The number of nitrogens with one attached hydrogen (secondary N) is 2. The third-order valence-corrected chi connectivity index (χ3v) is 5.88. The van der Waals surface area contributed by atoms with Crippen LogP contribution in [0.2, 0.25) is 0 Å². The highest BCUT2D eigenvalue weighted by atomic mass is 32.2. The van der Waals surface area contributed by atoms with E-state index in [0.29, 0.717) is 24.6 Å². The van der Waals surface area contributed by atoms with Gasteiger partial charge in [-0.1, -0.05) is 0 Å². The van der Waals surface area contributed by atoms with E-state index in [2.05, 4.69) is 10.6 Å². The van der Waals surface area contributed by atoms with Crippen molar-refractivity contribution in [2.24, 2.45) is 5.41 Å². The van der Waals surface area contributed by atoms with Gasteiger partial charge in [-0.2, -0.15) is 23.5 Å². The molecule has 1 aliphatic rings. The van der Waals surface area contributed by atoms with E-state index >= 15 is 0 Å². The van der Waals surface area contributed by atoms with Crippen molar-refractivity contribution in [1.29, 1.82) is 0 Å². The maximum atomic E-state index is 12.6. The van der Waals surface area contributed by atoms with E-state index in [9.17, 15) is 14.7 Å². The number of thioether (sulfide) groups is 2. The summed E-state index contributed by atoms with van der Waals surface area (Å²) in [6, 6.07) is 0. The lowest BCUT2D eigenvalue weighted by atomic mass is 9.87. The number of ether oxygens (including phenoxy) is 2. The van der Waals surface area contributed by atoms with Crippen LogP contribution in [0.1, 0.15) is 13.8 Å². The average molecular weight is 395 g/mol. The predicted octanol–water partition coefficient (Wildman–Crippen LogP) is 0.119. The van der Waals surface area contributed by atoms with Crippen LogP contribution in [-0.2, 0) is 19.1 Å². The van der Waals surface area contributed by atoms with Crippen LogP contribution >= 0.6 is 23.5 Å². The van der Waals surface area contributed by atoms with Crippen molar-refractivity contribution in [3.05, 3.63) is 0 Å². The van der Waals surface area contributed by atoms with Crippen molar-refractivity contribution < 1.29 is 24.2 Å². The molecule has 7 nitrogen and oxygen atoms in total. The first-order chi connectivity index (χ1) is 12.1. The van der Waals surface area contributed by atoms with Crippen LogP contribution in [0.3, 0.4) is 0 Å². The summed E-state index contributed by atoms with van der Waals surface area (Å²) >= 11 is 3.30. The first kappa shape index (κ1) is 22.6. The highest BCUT2D eigenvalue weighted by Gasteiger charge is 2.48. The monoisotopic (exact) mass is 394 g/mol. The number of hydrogen-bond donors (Lipinski definition) is 3. The first-order valence-corrected chi connectivity index (χ1v) is 11.0. The Bertz CT molecular complexity index is 376. The first-order valence-electron chi connectivity index (χ1n) is 8.66. The van der Waals surface area contributed by atoms with Crippen molar-refractivity contribution in [3.8, 4) is 0 Å². The maximum Gasteiger partial charge on any atom is 0.326 e. The molecule has 0 amide bonds. The van der Waals surface area contributed by atoms with Gasteiger partial charge in [0, 0.05) is 49.2 Å². The van der Waals surface area contributed by atoms with Gasteiger partial charge in [0.15, 0.2) is 5.41 Å². The molecule has 0 bridgehead atoms. The smallest absolute Gasteiger partial charge is 0.326 e. The molecule has 1 saturated heterocycles. The number of carbonyl (C=O) groups is 2. The minimum absolute atomic E-state index is 0.161. The summed E-state index contributed by atoms with van der Waals surface area (Å²) in [5, 5.41) is 16.2. The van der Waals surface area contributed by atoms with Crippen LogP contribution in [0.25, 0.3) is 0 Å². The summed E-state index contributed by atoms with van der Waals surface area (Å²) in [7, 11) is 0. The molecule has 1 heterocycles. The molecule has 1 rings (SSSR count). The fourth-order valence-electron chi connectivity index (χ4n) is 2.35. The Morgan fingerprint density at radius 3 is 1.84 bits per heavy atom. The van der Waals surface area contributed by atoms with E-state index in [0.717, 1.165) is 11.5 Å². The SMILES string of the molecule is CCOC(=O)C1(C(=O)OCC)CNCCSCC(O)CSCCNC1. The Morgan fingerprint density at radius 1 is 1.00 bits per heavy atom. The van der Waals surface area contributed by atoms with Gasteiger partial charge in [0.1, 0.15) is 0 Å². The molecule has 0 atom stereocenters. The lowest BCUT2D eigenvalue weighted by molar-refractivity contribution is -0.171. The van der Waals surface area contributed by atoms with Gasteiger partial charge >= 0.3 is 11.9 Å². The highest BCUT2D eigenvalue weighted by Crippen LogP contribution is 2.21. The standard InChI is InChI=1S/C16H30N2O5S2/c1-3-22-14(20)16(15(21)23-4-2)11-17-5-7-24-9-13(19)10-25-8-6-18-12-16/h13,17-19H,3-12H2,1-2H3. The predicted molar refractivity (Wildman–Crippen MR) is 102 cm³/mol. The molecular weight excluding hydrogens is 364 g/mol. The average Bonchev–Trinajstić information content (AvgIpc) is 2.59. The van der Waals surface area contributed by atoms with Gasteiger partial charge in [0.2, 0.25) is 0 Å². The van der Waals surface area contributed by atoms with Crippen molar-refractivity contribution >= 4 is 35.5 Å². The van der Waals surface area contributed by atoms with Crippen molar-refractivity contribution in [3.63, 3.8) is 0 Å². The largest absolute Gasteiger partial charge is 0.465 e. The third kappa shape index (κ3) is 7.74. The van der Waals surface area contributed by atoms with E-state index in [1.165, 1.54) is 0 Å². The molecule has 0 aromatic carbocycles. The summed E-state index contributed by atoms with van der Waals surface area (Å²) in [4.78, 5) is 25.1. The van der Waals surface area contributed by atoms with Crippen LogP contribution in [0, 0.1) is 5.41 Å². The van der Waals surface area contributed by atoms with E-state index in [4.69, 9.17) is 9.47 Å². The Labute approximate surface area is 158 Å². The molecular formula is C16H30N2O5S2. The summed E-state index contributed by atoms with van der Waals surface area (Å²) in [6.45, 7) is 5.45. The molecule has 0 aromatic rings. The topological polar surface area (TPSA) is 96.9 Å². The van der Waals surface area contributed by atoms with Crippen molar-refractivity contribution in [2.45, 2.75) is 20.0 Å². The molecule has 25 heavy (non-hydrogen) atoms. The Hall–Kier alpha value is -0.480. The molecule has 9 heteroatoms. The Kier molecular flexibility index (Phi) is 11.6. The second-order valence-corrected chi connectivity index (χ2v) is 7.98. The number of aliphatic hydroxyl groups excluding tert-OH is 1. The van der Waals surface area contributed by atoms with Crippen molar-refractivity contribution in [2.75, 3.05) is 62.4 Å². The summed E-state index contributed by atoms with van der Waals surface area (Å²) < 4.78 is 10.3. The fraction of sp³-hybridized carbons (Fsp3) is 0.875.